The highest BCUT2D eigenvalue weighted by atomic mass is 19.1. The molecule has 0 aliphatic carbocycles. The number of hydrogen-bond donors (Lipinski definition) is 1. The summed E-state index contributed by atoms with van der Waals surface area (Å²) in [6.45, 7) is 1.52. The SMILES string of the molecule is CCOC(=O)C(F)Oc1cccc([N+](=O)[O-])c1C(=O)NCc1ccccc1. The Morgan fingerprint density at radius 3 is 2.52 bits per heavy atom. The Morgan fingerprint density at radius 2 is 1.89 bits per heavy atom. The average molecular weight is 376 g/mol. The summed E-state index contributed by atoms with van der Waals surface area (Å²) in [4.78, 5) is 34.4. The van der Waals surface area contributed by atoms with E-state index in [4.69, 9.17) is 4.74 Å². The van der Waals surface area contributed by atoms with Gasteiger partial charge in [0.05, 0.1) is 11.5 Å². The van der Waals surface area contributed by atoms with Crippen LogP contribution in [0.2, 0.25) is 0 Å². The van der Waals surface area contributed by atoms with E-state index in [9.17, 15) is 24.1 Å². The molecule has 0 saturated carbocycles. The summed E-state index contributed by atoms with van der Waals surface area (Å²) >= 11 is 0. The molecule has 0 radical (unpaired) electrons. The summed E-state index contributed by atoms with van der Waals surface area (Å²) in [5, 5.41) is 13.8. The van der Waals surface area contributed by atoms with E-state index in [0.717, 1.165) is 17.7 Å². The van der Waals surface area contributed by atoms with Crippen LogP contribution in [0, 0.1) is 10.1 Å². The zero-order valence-electron chi connectivity index (χ0n) is 14.4. The summed E-state index contributed by atoms with van der Waals surface area (Å²) in [6.07, 6.45) is -2.52. The molecule has 1 atom stereocenters. The zero-order chi connectivity index (χ0) is 19.8. The number of carbonyl (C=O) groups excluding carboxylic acids is 2. The highest BCUT2D eigenvalue weighted by molar-refractivity contribution is 6.01. The van der Waals surface area contributed by atoms with Crippen molar-refractivity contribution in [3.05, 3.63) is 69.8 Å². The minimum Gasteiger partial charge on any atom is -0.461 e. The Kier molecular flexibility index (Phi) is 6.81. The summed E-state index contributed by atoms with van der Waals surface area (Å²) in [5.41, 5.74) is -0.290. The van der Waals surface area contributed by atoms with Crippen molar-refractivity contribution in [2.75, 3.05) is 6.61 Å². The highest BCUT2D eigenvalue weighted by Gasteiger charge is 2.29. The lowest BCUT2D eigenvalue weighted by atomic mass is 10.1. The molecule has 0 saturated heterocycles. The van der Waals surface area contributed by atoms with Gasteiger partial charge in [0, 0.05) is 12.6 Å². The van der Waals surface area contributed by atoms with Gasteiger partial charge in [0.15, 0.2) is 5.56 Å². The predicted molar refractivity (Wildman–Crippen MR) is 92.9 cm³/mol. The number of nitrogens with one attached hydrogen (secondary N) is 1. The van der Waals surface area contributed by atoms with Crippen molar-refractivity contribution < 1.29 is 28.4 Å². The summed E-state index contributed by atoms with van der Waals surface area (Å²) in [5.74, 6) is -2.56. The Morgan fingerprint density at radius 1 is 1.19 bits per heavy atom. The number of nitro benzene ring substituents is 1. The molecule has 0 aliphatic rings. The molecule has 0 aliphatic heterocycles. The number of nitro groups is 1. The van der Waals surface area contributed by atoms with E-state index in [1.54, 1.807) is 30.3 Å². The van der Waals surface area contributed by atoms with Crippen LogP contribution in [0.5, 0.6) is 5.75 Å². The summed E-state index contributed by atoms with van der Waals surface area (Å²) < 4.78 is 23.2. The first-order chi connectivity index (χ1) is 12.9. The Labute approximate surface area is 154 Å². The normalized spacial score (nSPS) is 11.3. The topological polar surface area (TPSA) is 108 Å². The fourth-order valence-electron chi connectivity index (χ4n) is 2.23. The van der Waals surface area contributed by atoms with Crippen molar-refractivity contribution in [1.29, 1.82) is 0 Å². The van der Waals surface area contributed by atoms with Crippen LogP contribution in [0.1, 0.15) is 22.8 Å². The van der Waals surface area contributed by atoms with Gasteiger partial charge in [-0.15, -0.1) is 0 Å². The number of benzene rings is 2. The lowest BCUT2D eigenvalue weighted by molar-refractivity contribution is -0.385. The third-order valence-electron chi connectivity index (χ3n) is 3.43. The average Bonchev–Trinajstić information content (AvgIpc) is 2.66. The Balaban J connectivity index is 2.27. The number of nitrogens with zero attached hydrogens (tertiary/aromatic N) is 1. The second kappa shape index (κ2) is 9.27. The van der Waals surface area contributed by atoms with E-state index in [-0.39, 0.29) is 13.2 Å². The number of amides is 1. The van der Waals surface area contributed by atoms with Gasteiger partial charge in [0.25, 0.3) is 11.6 Å². The van der Waals surface area contributed by atoms with Crippen molar-refractivity contribution >= 4 is 17.6 Å². The second-order valence-electron chi connectivity index (χ2n) is 5.26. The molecule has 1 unspecified atom stereocenters. The van der Waals surface area contributed by atoms with Crippen molar-refractivity contribution in [3.8, 4) is 5.75 Å². The number of esters is 1. The molecular formula is C18H17FN2O6. The molecule has 0 bridgehead atoms. The smallest absolute Gasteiger partial charge is 0.381 e. The van der Waals surface area contributed by atoms with Gasteiger partial charge in [-0.25, -0.2) is 4.79 Å². The number of hydrogen-bond acceptors (Lipinski definition) is 6. The maximum absolute atomic E-state index is 13.9. The van der Waals surface area contributed by atoms with Gasteiger partial charge in [-0.3, -0.25) is 14.9 Å². The van der Waals surface area contributed by atoms with Crippen LogP contribution >= 0.6 is 0 Å². The molecule has 2 aromatic carbocycles. The number of alkyl halides is 1. The number of rotatable bonds is 8. The van der Waals surface area contributed by atoms with Crippen molar-refractivity contribution in [2.24, 2.45) is 0 Å². The number of halogens is 1. The molecule has 0 fully saturated rings. The first-order valence-corrected chi connectivity index (χ1v) is 8.01. The van der Waals surface area contributed by atoms with E-state index in [1.807, 2.05) is 0 Å². The van der Waals surface area contributed by atoms with E-state index in [2.05, 4.69) is 10.1 Å². The summed E-state index contributed by atoms with van der Waals surface area (Å²) in [6, 6.07) is 12.3. The molecule has 0 aromatic heterocycles. The number of ether oxygens (including phenoxy) is 2. The van der Waals surface area contributed by atoms with Crippen LogP contribution in [-0.4, -0.2) is 29.8 Å². The van der Waals surface area contributed by atoms with Crippen LogP contribution in [0.25, 0.3) is 0 Å². The van der Waals surface area contributed by atoms with Crippen LogP contribution in [0.15, 0.2) is 48.5 Å². The first kappa shape index (κ1) is 19.8. The summed E-state index contributed by atoms with van der Waals surface area (Å²) in [7, 11) is 0. The Hall–Kier alpha value is -3.49. The molecule has 9 heteroatoms. The quantitative estimate of drug-likeness (QED) is 0.431. The van der Waals surface area contributed by atoms with Gasteiger partial charge >= 0.3 is 12.3 Å². The molecule has 142 valence electrons. The third kappa shape index (κ3) is 5.24. The van der Waals surface area contributed by atoms with Crippen molar-refractivity contribution in [1.82, 2.24) is 5.32 Å². The van der Waals surface area contributed by atoms with Crippen LogP contribution < -0.4 is 10.1 Å². The lowest BCUT2D eigenvalue weighted by Gasteiger charge is -2.14. The van der Waals surface area contributed by atoms with Gasteiger partial charge in [0.2, 0.25) is 0 Å². The van der Waals surface area contributed by atoms with Crippen molar-refractivity contribution in [2.45, 2.75) is 19.8 Å². The van der Waals surface area contributed by atoms with E-state index in [1.165, 1.54) is 13.0 Å². The number of carbonyl (C=O) groups is 2. The molecule has 2 aromatic rings. The molecule has 0 spiro atoms. The first-order valence-electron chi connectivity index (χ1n) is 8.01. The largest absolute Gasteiger partial charge is 0.461 e. The lowest BCUT2D eigenvalue weighted by Crippen LogP contribution is -2.28. The van der Waals surface area contributed by atoms with Gasteiger partial charge in [-0.1, -0.05) is 36.4 Å². The monoisotopic (exact) mass is 376 g/mol. The standard InChI is InChI=1S/C18H17FN2O6/c1-2-26-18(23)16(19)27-14-10-6-9-13(21(24)25)15(14)17(22)20-11-12-7-4-3-5-8-12/h3-10,16H,2,11H2,1H3,(H,20,22). The maximum Gasteiger partial charge on any atom is 0.381 e. The van der Waals surface area contributed by atoms with Crippen LogP contribution in [0.3, 0.4) is 0 Å². The minimum absolute atomic E-state index is 0.0675. The fourth-order valence-corrected chi connectivity index (χ4v) is 2.23. The molecule has 1 N–H and O–H groups in total. The van der Waals surface area contributed by atoms with Crippen molar-refractivity contribution in [3.63, 3.8) is 0 Å². The second-order valence-corrected chi connectivity index (χ2v) is 5.26. The maximum atomic E-state index is 13.9. The van der Waals surface area contributed by atoms with E-state index >= 15 is 0 Å². The van der Waals surface area contributed by atoms with E-state index < -0.39 is 40.2 Å². The predicted octanol–water partition coefficient (Wildman–Crippen LogP) is 2.76. The zero-order valence-corrected chi connectivity index (χ0v) is 14.4. The molecule has 8 nitrogen and oxygen atoms in total. The Bertz CT molecular complexity index is 828. The van der Waals surface area contributed by atoms with Gasteiger partial charge in [0.1, 0.15) is 5.75 Å². The van der Waals surface area contributed by atoms with E-state index in [0.29, 0.717) is 0 Å². The van der Waals surface area contributed by atoms with Crippen LogP contribution in [-0.2, 0) is 16.1 Å². The molecular weight excluding hydrogens is 359 g/mol. The van der Waals surface area contributed by atoms with Gasteiger partial charge in [-0.05, 0) is 18.6 Å². The molecule has 0 heterocycles. The third-order valence-corrected chi connectivity index (χ3v) is 3.43. The van der Waals surface area contributed by atoms with Crippen LogP contribution in [0.4, 0.5) is 10.1 Å². The highest BCUT2D eigenvalue weighted by Crippen LogP contribution is 2.29. The molecule has 27 heavy (non-hydrogen) atoms. The van der Waals surface area contributed by atoms with Gasteiger partial charge < -0.3 is 14.8 Å². The molecule has 2 rings (SSSR count). The fraction of sp³-hybridized carbons (Fsp3) is 0.222. The van der Waals surface area contributed by atoms with Gasteiger partial charge in [-0.2, -0.15) is 4.39 Å². The minimum atomic E-state index is -2.52. The molecule has 1 amide bonds.